The first-order valence-corrected chi connectivity index (χ1v) is 13.0. The molecule has 2 aromatic rings. The first kappa shape index (κ1) is 21.8. The van der Waals surface area contributed by atoms with Gasteiger partial charge in [-0.05, 0) is 56.2 Å². The molecule has 0 spiro atoms. The second-order valence-corrected chi connectivity index (χ2v) is 10.1. The largest absolute Gasteiger partial charge is 0.378 e. The van der Waals surface area contributed by atoms with E-state index in [9.17, 15) is 4.79 Å². The highest BCUT2D eigenvalue weighted by Gasteiger charge is 2.35. The molecule has 2 atom stereocenters. The molecule has 0 bridgehead atoms. The van der Waals surface area contributed by atoms with Crippen molar-refractivity contribution in [1.82, 2.24) is 19.7 Å². The number of thioether (sulfide) groups is 1. The summed E-state index contributed by atoms with van der Waals surface area (Å²) in [5, 5.41) is 9.84. The predicted octanol–water partition coefficient (Wildman–Crippen LogP) is 3.69. The van der Waals surface area contributed by atoms with Gasteiger partial charge in [-0.2, -0.15) is 0 Å². The van der Waals surface area contributed by atoms with Crippen LogP contribution in [0.5, 0.6) is 0 Å². The second kappa shape index (κ2) is 9.83. The summed E-state index contributed by atoms with van der Waals surface area (Å²) in [7, 11) is 0. The highest BCUT2D eigenvalue weighted by Crippen LogP contribution is 2.36. The Morgan fingerprint density at radius 3 is 2.75 bits per heavy atom. The lowest BCUT2D eigenvalue weighted by atomic mass is 9.78. The van der Waals surface area contributed by atoms with Gasteiger partial charge in [0.1, 0.15) is 0 Å². The Bertz CT molecular complexity index is 940. The zero-order valence-electron chi connectivity index (χ0n) is 18.9. The van der Waals surface area contributed by atoms with Crippen LogP contribution in [0, 0.1) is 12.8 Å². The third-order valence-electron chi connectivity index (χ3n) is 7.06. The molecule has 2 saturated heterocycles. The fourth-order valence-electron chi connectivity index (χ4n) is 5.46. The molecule has 0 radical (unpaired) electrons. The Labute approximate surface area is 194 Å². The highest BCUT2D eigenvalue weighted by molar-refractivity contribution is 7.99. The summed E-state index contributed by atoms with van der Waals surface area (Å²) in [6, 6.07) is 8.84. The molecule has 0 unspecified atom stereocenters. The lowest BCUT2D eigenvalue weighted by molar-refractivity contribution is -0.134. The Morgan fingerprint density at radius 1 is 1.09 bits per heavy atom. The molecule has 1 saturated carbocycles. The summed E-state index contributed by atoms with van der Waals surface area (Å²) in [5.41, 5.74) is 2.23. The van der Waals surface area contributed by atoms with E-state index in [1.807, 2.05) is 0 Å². The monoisotopic (exact) mass is 455 g/mol. The van der Waals surface area contributed by atoms with Gasteiger partial charge in [0.25, 0.3) is 0 Å². The second-order valence-electron chi connectivity index (χ2n) is 9.19. The number of aromatic nitrogens is 3. The van der Waals surface area contributed by atoms with Gasteiger partial charge in [0.05, 0.1) is 24.7 Å². The number of fused-ring (bicyclic) bond motifs is 1. The van der Waals surface area contributed by atoms with Gasteiger partial charge < -0.3 is 14.5 Å². The molecule has 172 valence electrons. The average molecular weight is 456 g/mol. The maximum absolute atomic E-state index is 13.3. The normalized spacial score (nSPS) is 23.8. The number of anilines is 1. The van der Waals surface area contributed by atoms with E-state index in [2.05, 4.69) is 55.8 Å². The van der Waals surface area contributed by atoms with Crippen LogP contribution in [0.25, 0.3) is 5.69 Å². The number of ether oxygens (including phenoxy) is 1. The van der Waals surface area contributed by atoms with Crippen molar-refractivity contribution in [2.45, 2.75) is 56.6 Å². The van der Waals surface area contributed by atoms with Crippen molar-refractivity contribution in [2.24, 2.45) is 5.92 Å². The maximum Gasteiger partial charge on any atom is 0.233 e. The van der Waals surface area contributed by atoms with Gasteiger partial charge in [-0.1, -0.05) is 36.7 Å². The van der Waals surface area contributed by atoms with Crippen LogP contribution >= 0.6 is 11.8 Å². The highest BCUT2D eigenvalue weighted by atomic mass is 32.2. The van der Waals surface area contributed by atoms with E-state index < -0.39 is 0 Å². The predicted molar refractivity (Wildman–Crippen MR) is 127 cm³/mol. The summed E-state index contributed by atoms with van der Waals surface area (Å²) in [6.07, 6.45) is 7.45. The zero-order chi connectivity index (χ0) is 21.9. The Kier molecular flexibility index (Phi) is 6.69. The quantitative estimate of drug-likeness (QED) is 0.641. The zero-order valence-corrected chi connectivity index (χ0v) is 19.7. The van der Waals surface area contributed by atoms with Crippen LogP contribution < -0.4 is 4.90 Å². The average Bonchev–Trinajstić information content (AvgIpc) is 3.27. The molecule has 8 heteroatoms. The van der Waals surface area contributed by atoms with Gasteiger partial charge in [-0.25, -0.2) is 0 Å². The van der Waals surface area contributed by atoms with Gasteiger partial charge >= 0.3 is 0 Å². The number of nitrogens with zero attached hydrogens (tertiary/aromatic N) is 5. The van der Waals surface area contributed by atoms with E-state index in [-0.39, 0.29) is 5.91 Å². The standard InChI is InChI=1S/C24H33N5O2S/c1-18-6-4-9-20(16-18)29-23(27-12-14-31-15-13-27)25-26-24(29)32-17-22(30)28-11-5-8-19-7-2-3-10-21(19)28/h4,6,9,16,19,21H,2-3,5,7-8,10-15,17H2,1H3/t19-,21-/m1/s1. The van der Waals surface area contributed by atoms with Crippen LogP contribution in [0.1, 0.15) is 44.1 Å². The van der Waals surface area contributed by atoms with E-state index in [0.29, 0.717) is 30.9 Å². The summed E-state index contributed by atoms with van der Waals surface area (Å²) in [5.74, 6) is 2.20. The number of carbonyl (C=O) groups is 1. The van der Waals surface area contributed by atoms with Crippen LogP contribution in [0.3, 0.4) is 0 Å². The van der Waals surface area contributed by atoms with E-state index in [1.165, 1.54) is 49.4 Å². The van der Waals surface area contributed by atoms with Gasteiger partial charge in [0.2, 0.25) is 11.9 Å². The van der Waals surface area contributed by atoms with Crippen LogP contribution in [0.4, 0.5) is 5.95 Å². The molecule has 3 aliphatic rings. The number of hydrogen-bond donors (Lipinski definition) is 0. The lowest BCUT2D eigenvalue weighted by Gasteiger charge is -2.44. The van der Waals surface area contributed by atoms with Gasteiger partial charge in [-0.3, -0.25) is 9.36 Å². The molecule has 1 aromatic heterocycles. The number of amides is 1. The summed E-state index contributed by atoms with van der Waals surface area (Å²) >= 11 is 1.51. The van der Waals surface area contributed by atoms with Gasteiger partial charge in [0, 0.05) is 25.7 Å². The van der Waals surface area contributed by atoms with E-state index >= 15 is 0 Å². The fourth-order valence-corrected chi connectivity index (χ4v) is 6.29. The van der Waals surface area contributed by atoms with Crippen molar-refractivity contribution >= 4 is 23.6 Å². The first-order chi connectivity index (χ1) is 15.7. The molecule has 2 aliphatic heterocycles. The SMILES string of the molecule is Cc1cccc(-n2c(SCC(=O)N3CCC[C@H]4CCCC[C@H]43)nnc2N2CCOCC2)c1. The molecule has 1 aliphatic carbocycles. The third kappa shape index (κ3) is 4.53. The molecule has 3 fully saturated rings. The Balaban J connectivity index is 1.36. The van der Waals surface area contributed by atoms with Crippen molar-refractivity contribution in [1.29, 1.82) is 0 Å². The number of likely N-dealkylation sites (tertiary alicyclic amines) is 1. The molecule has 1 aromatic carbocycles. The number of piperidine rings is 1. The number of carbonyl (C=O) groups excluding carboxylic acids is 1. The molecule has 5 rings (SSSR count). The first-order valence-electron chi connectivity index (χ1n) is 12.0. The minimum Gasteiger partial charge on any atom is -0.378 e. The smallest absolute Gasteiger partial charge is 0.233 e. The van der Waals surface area contributed by atoms with E-state index in [4.69, 9.17) is 4.74 Å². The topological polar surface area (TPSA) is 63.5 Å². The molecule has 32 heavy (non-hydrogen) atoms. The van der Waals surface area contributed by atoms with Crippen LogP contribution in [-0.4, -0.2) is 70.2 Å². The summed E-state index contributed by atoms with van der Waals surface area (Å²) in [6.45, 7) is 5.98. The van der Waals surface area contributed by atoms with Crippen molar-refractivity contribution < 1.29 is 9.53 Å². The number of hydrogen-bond acceptors (Lipinski definition) is 6. The number of benzene rings is 1. The minimum absolute atomic E-state index is 0.248. The fraction of sp³-hybridized carbons (Fsp3) is 0.625. The molecule has 3 heterocycles. The molecule has 1 amide bonds. The summed E-state index contributed by atoms with van der Waals surface area (Å²) < 4.78 is 7.63. The van der Waals surface area contributed by atoms with Crippen molar-refractivity contribution in [3.8, 4) is 5.69 Å². The van der Waals surface area contributed by atoms with Crippen LogP contribution in [0.2, 0.25) is 0 Å². The maximum atomic E-state index is 13.3. The van der Waals surface area contributed by atoms with Gasteiger partial charge in [0.15, 0.2) is 5.16 Å². The van der Waals surface area contributed by atoms with Crippen molar-refractivity contribution in [2.75, 3.05) is 43.5 Å². The number of aryl methyl sites for hydroxylation is 1. The van der Waals surface area contributed by atoms with E-state index in [0.717, 1.165) is 42.8 Å². The number of morpholine rings is 1. The van der Waals surface area contributed by atoms with Crippen molar-refractivity contribution in [3.63, 3.8) is 0 Å². The lowest BCUT2D eigenvalue weighted by Crippen LogP contribution is -2.50. The Morgan fingerprint density at radius 2 is 1.91 bits per heavy atom. The van der Waals surface area contributed by atoms with E-state index in [1.54, 1.807) is 0 Å². The molecular formula is C24H33N5O2S. The third-order valence-corrected chi connectivity index (χ3v) is 7.97. The van der Waals surface area contributed by atoms with Crippen LogP contribution in [0.15, 0.2) is 29.4 Å². The summed E-state index contributed by atoms with van der Waals surface area (Å²) in [4.78, 5) is 17.7. The van der Waals surface area contributed by atoms with Crippen molar-refractivity contribution in [3.05, 3.63) is 29.8 Å². The number of rotatable bonds is 5. The molecule has 0 N–H and O–H groups in total. The molecular weight excluding hydrogens is 422 g/mol. The van der Waals surface area contributed by atoms with Crippen LogP contribution in [-0.2, 0) is 9.53 Å². The molecule has 7 nitrogen and oxygen atoms in total. The Hall–Kier alpha value is -2.06. The van der Waals surface area contributed by atoms with Gasteiger partial charge in [-0.15, -0.1) is 10.2 Å². The minimum atomic E-state index is 0.248.